The van der Waals surface area contributed by atoms with E-state index in [4.69, 9.17) is 11.6 Å². The van der Waals surface area contributed by atoms with Crippen molar-refractivity contribution in [1.29, 1.82) is 0 Å². The summed E-state index contributed by atoms with van der Waals surface area (Å²) in [5.74, 6) is 4.11. The second-order valence-electron chi connectivity index (χ2n) is 7.11. The normalized spacial score (nSPS) is 38.4. The third-order valence-corrected chi connectivity index (χ3v) is 6.03. The largest absolute Gasteiger partial charge is 0.508 e. The van der Waals surface area contributed by atoms with E-state index in [-0.39, 0.29) is 0 Å². The van der Waals surface area contributed by atoms with E-state index in [9.17, 15) is 5.11 Å². The lowest BCUT2D eigenvalue weighted by Gasteiger charge is -2.54. The van der Waals surface area contributed by atoms with Gasteiger partial charge < -0.3 is 10.4 Å². The molecule has 0 unspecified atom stereocenters. The molecule has 5 rings (SSSR count). The third kappa shape index (κ3) is 2.23. The Kier molecular flexibility index (Phi) is 3.19. The van der Waals surface area contributed by atoms with E-state index in [0.717, 1.165) is 35.8 Å². The Morgan fingerprint density at radius 3 is 2.35 bits per heavy atom. The molecule has 2 nitrogen and oxygen atoms in total. The van der Waals surface area contributed by atoms with Crippen molar-refractivity contribution < 1.29 is 5.11 Å². The molecule has 2 N–H and O–H groups in total. The molecule has 1 aromatic rings. The second-order valence-corrected chi connectivity index (χ2v) is 7.55. The van der Waals surface area contributed by atoms with Gasteiger partial charge in [-0.15, -0.1) is 0 Å². The fourth-order valence-electron chi connectivity index (χ4n) is 5.18. The Labute approximate surface area is 125 Å². The maximum Gasteiger partial charge on any atom is 0.120 e. The molecule has 0 amide bonds. The lowest BCUT2D eigenvalue weighted by Crippen LogP contribution is -2.54. The van der Waals surface area contributed by atoms with E-state index >= 15 is 0 Å². The molecule has 4 bridgehead atoms. The van der Waals surface area contributed by atoms with Crippen LogP contribution in [0.15, 0.2) is 18.2 Å². The lowest BCUT2D eigenvalue weighted by atomic mass is 9.54. The summed E-state index contributed by atoms with van der Waals surface area (Å²) in [6.45, 7) is 0.736. The van der Waals surface area contributed by atoms with Gasteiger partial charge in [-0.25, -0.2) is 0 Å². The van der Waals surface area contributed by atoms with Gasteiger partial charge in [0, 0.05) is 23.2 Å². The Morgan fingerprint density at radius 2 is 1.70 bits per heavy atom. The van der Waals surface area contributed by atoms with Gasteiger partial charge in [-0.3, -0.25) is 0 Å². The highest BCUT2D eigenvalue weighted by molar-refractivity contribution is 6.30. The zero-order valence-electron chi connectivity index (χ0n) is 11.7. The van der Waals surface area contributed by atoms with Crippen LogP contribution in [0.3, 0.4) is 0 Å². The first-order chi connectivity index (χ1) is 9.69. The predicted octanol–water partition coefficient (Wildman–Crippen LogP) is 3.96. The number of phenolic OH excluding ortho intramolecular Hbond substituents is 1. The summed E-state index contributed by atoms with van der Waals surface area (Å²) in [7, 11) is 0. The predicted molar refractivity (Wildman–Crippen MR) is 80.8 cm³/mol. The van der Waals surface area contributed by atoms with Gasteiger partial charge in [0.15, 0.2) is 0 Å². The number of aromatic hydroxyl groups is 1. The highest BCUT2D eigenvalue weighted by Gasteiger charge is 2.47. The number of benzene rings is 1. The van der Waals surface area contributed by atoms with Crippen molar-refractivity contribution in [2.75, 3.05) is 0 Å². The first kappa shape index (κ1) is 13.0. The van der Waals surface area contributed by atoms with E-state index in [2.05, 4.69) is 5.32 Å². The molecule has 0 aromatic heterocycles. The van der Waals surface area contributed by atoms with Gasteiger partial charge in [-0.2, -0.15) is 0 Å². The maximum atomic E-state index is 9.92. The molecule has 0 heterocycles. The van der Waals surface area contributed by atoms with Crippen molar-refractivity contribution >= 4 is 11.6 Å². The molecule has 4 saturated carbocycles. The van der Waals surface area contributed by atoms with E-state index in [1.807, 2.05) is 6.07 Å². The van der Waals surface area contributed by atoms with Crippen molar-refractivity contribution in [3.63, 3.8) is 0 Å². The summed E-state index contributed by atoms with van der Waals surface area (Å²) in [6, 6.07) is 5.96. The molecule has 0 atom stereocenters. The van der Waals surface area contributed by atoms with E-state index in [0.29, 0.717) is 16.8 Å². The second kappa shape index (κ2) is 4.92. The molecule has 20 heavy (non-hydrogen) atoms. The number of nitrogens with one attached hydrogen (secondary N) is 1. The molecular formula is C17H22ClNO. The number of hydrogen-bond acceptors (Lipinski definition) is 2. The van der Waals surface area contributed by atoms with Crippen LogP contribution >= 0.6 is 11.6 Å². The van der Waals surface area contributed by atoms with Crippen molar-refractivity contribution in [1.82, 2.24) is 5.32 Å². The number of phenols is 1. The van der Waals surface area contributed by atoms with Gasteiger partial charge in [-0.05, 0) is 74.0 Å². The van der Waals surface area contributed by atoms with Gasteiger partial charge in [0.1, 0.15) is 5.75 Å². The Morgan fingerprint density at radius 1 is 1.05 bits per heavy atom. The van der Waals surface area contributed by atoms with Crippen LogP contribution < -0.4 is 5.32 Å². The van der Waals surface area contributed by atoms with Crippen LogP contribution in [-0.2, 0) is 6.54 Å². The van der Waals surface area contributed by atoms with E-state index in [1.165, 1.54) is 32.1 Å². The molecule has 0 saturated heterocycles. The van der Waals surface area contributed by atoms with Crippen LogP contribution in [0.1, 0.15) is 37.7 Å². The van der Waals surface area contributed by atoms with Crippen LogP contribution in [0, 0.1) is 23.7 Å². The van der Waals surface area contributed by atoms with Crippen LogP contribution in [0.5, 0.6) is 5.75 Å². The SMILES string of the molecule is Oc1ccc(Cl)cc1CNC1C2CC3CC(C2)CC1C3. The molecule has 4 fully saturated rings. The summed E-state index contributed by atoms with van der Waals surface area (Å²) < 4.78 is 0. The minimum Gasteiger partial charge on any atom is -0.508 e. The summed E-state index contributed by atoms with van der Waals surface area (Å²) >= 11 is 6.02. The molecule has 108 valence electrons. The van der Waals surface area contributed by atoms with Gasteiger partial charge in [0.2, 0.25) is 0 Å². The smallest absolute Gasteiger partial charge is 0.120 e. The summed E-state index contributed by atoms with van der Waals surface area (Å²) in [5, 5.41) is 14.3. The quantitative estimate of drug-likeness (QED) is 0.883. The summed E-state index contributed by atoms with van der Waals surface area (Å²) in [6.07, 6.45) is 7.19. The lowest BCUT2D eigenvalue weighted by molar-refractivity contribution is -0.0143. The molecule has 4 aliphatic rings. The monoisotopic (exact) mass is 291 g/mol. The molecule has 0 aliphatic heterocycles. The molecular weight excluding hydrogens is 270 g/mol. The minimum absolute atomic E-state index is 0.353. The van der Waals surface area contributed by atoms with E-state index in [1.54, 1.807) is 12.1 Å². The standard InChI is InChI=1S/C17H22ClNO/c18-15-1-2-16(20)14(8-15)9-19-17-12-4-10-3-11(6-12)7-13(17)5-10/h1-2,8,10-13,17,19-20H,3-7,9H2. The Balaban J connectivity index is 1.46. The fourth-order valence-corrected chi connectivity index (χ4v) is 5.38. The number of halogens is 1. The fraction of sp³-hybridized carbons (Fsp3) is 0.647. The third-order valence-electron chi connectivity index (χ3n) is 5.80. The van der Waals surface area contributed by atoms with Gasteiger partial charge in [0.05, 0.1) is 0 Å². The van der Waals surface area contributed by atoms with Crippen molar-refractivity contribution in [3.8, 4) is 5.75 Å². The average Bonchev–Trinajstić information content (AvgIpc) is 2.41. The minimum atomic E-state index is 0.353. The molecule has 0 radical (unpaired) electrons. The maximum absolute atomic E-state index is 9.92. The van der Waals surface area contributed by atoms with Crippen molar-refractivity contribution in [3.05, 3.63) is 28.8 Å². The van der Waals surface area contributed by atoms with Crippen LogP contribution in [0.4, 0.5) is 0 Å². The van der Waals surface area contributed by atoms with Gasteiger partial charge in [0.25, 0.3) is 0 Å². The summed E-state index contributed by atoms with van der Waals surface area (Å²) in [4.78, 5) is 0. The molecule has 3 heteroatoms. The molecule has 4 aliphatic carbocycles. The summed E-state index contributed by atoms with van der Waals surface area (Å²) in [5.41, 5.74) is 0.923. The van der Waals surface area contributed by atoms with Crippen molar-refractivity contribution in [2.24, 2.45) is 23.7 Å². The van der Waals surface area contributed by atoms with Gasteiger partial charge >= 0.3 is 0 Å². The molecule has 0 spiro atoms. The Bertz CT molecular complexity index is 488. The Hall–Kier alpha value is -0.730. The highest BCUT2D eigenvalue weighted by atomic mass is 35.5. The first-order valence-electron chi connectivity index (χ1n) is 7.90. The first-order valence-corrected chi connectivity index (χ1v) is 8.27. The van der Waals surface area contributed by atoms with Gasteiger partial charge in [-0.1, -0.05) is 11.6 Å². The van der Waals surface area contributed by atoms with Crippen LogP contribution in [0.25, 0.3) is 0 Å². The van der Waals surface area contributed by atoms with E-state index < -0.39 is 0 Å². The average molecular weight is 292 g/mol. The number of hydrogen-bond donors (Lipinski definition) is 2. The zero-order chi connectivity index (χ0) is 13.7. The van der Waals surface area contributed by atoms with Crippen LogP contribution in [0.2, 0.25) is 5.02 Å². The molecule has 1 aromatic carbocycles. The van der Waals surface area contributed by atoms with Crippen LogP contribution in [-0.4, -0.2) is 11.1 Å². The highest BCUT2D eigenvalue weighted by Crippen LogP contribution is 2.53. The van der Waals surface area contributed by atoms with Crippen molar-refractivity contribution in [2.45, 2.75) is 44.7 Å². The topological polar surface area (TPSA) is 32.3 Å². The zero-order valence-corrected chi connectivity index (χ0v) is 12.4. The number of rotatable bonds is 3.